The standard InChI is InChI=1S/C25H20BrN3O3S/c1-16-7-9-19(10-8-16)29-24(31)22(13-17-4-2-5-18(26)12-17)33-25(29)21(14-27)23(30)28-15-20-6-3-11-32-20/h2-12,22H,13,15H2,1H3,(H,28,30)/b25-21-/t22-/m1/s1. The molecule has 1 aromatic heterocycles. The Balaban J connectivity index is 1.68. The SMILES string of the molecule is Cc1ccc(N2C(=O)[C@@H](Cc3cccc(Br)c3)S/C2=C(/C#N)C(=O)NCc2ccco2)cc1. The Kier molecular flexibility index (Phi) is 7.02. The molecule has 8 heteroatoms. The Morgan fingerprint density at radius 1 is 1.21 bits per heavy atom. The molecule has 2 heterocycles. The van der Waals surface area contributed by atoms with Gasteiger partial charge in [-0.05, 0) is 55.3 Å². The molecule has 0 spiro atoms. The lowest BCUT2D eigenvalue weighted by Crippen LogP contribution is -2.32. The maximum atomic E-state index is 13.5. The molecule has 3 aromatic rings. The van der Waals surface area contributed by atoms with Crippen LogP contribution in [-0.4, -0.2) is 17.1 Å². The first-order valence-corrected chi connectivity index (χ1v) is 11.9. The second-order valence-electron chi connectivity index (χ2n) is 7.50. The second-order valence-corrected chi connectivity index (χ2v) is 9.61. The van der Waals surface area contributed by atoms with E-state index in [9.17, 15) is 14.9 Å². The van der Waals surface area contributed by atoms with Crippen molar-refractivity contribution in [2.24, 2.45) is 0 Å². The van der Waals surface area contributed by atoms with Crippen LogP contribution in [0.1, 0.15) is 16.9 Å². The maximum Gasteiger partial charge on any atom is 0.265 e. The van der Waals surface area contributed by atoms with Crippen molar-refractivity contribution in [1.82, 2.24) is 5.32 Å². The zero-order valence-electron chi connectivity index (χ0n) is 17.7. The fourth-order valence-corrected chi connectivity index (χ4v) is 5.22. The Bertz CT molecular complexity index is 1250. The highest BCUT2D eigenvalue weighted by molar-refractivity contribution is 9.10. The van der Waals surface area contributed by atoms with Crippen molar-refractivity contribution >= 4 is 45.2 Å². The Morgan fingerprint density at radius 2 is 2.00 bits per heavy atom. The summed E-state index contributed by atoms with van der Waals surface area (Å²) >= 11 is 4.71. The fourth-order valence-electron chi connectivity index (χ4n) is 3.46. The average molecular weight is 522 g/mol. The third-order valence-corrected chi connectivity index (χ3v) is 6.87. The summed E-state index contributed by atoms with van der Waals surface area (Å²) in [4.78, 5) is 27.9. The number of hydrogen-bond donors (Lipinski definition) is 1. The van der Waals surface area contributed by atoms with E-state index in [2.05, 4.69) is 21.2 Å². The number of furan rings is 1. The Labute approximate surface area is 204 Å². The highest BCUT2D eigenvalue weighted by Gasteiger charge is 2.40. The van der Waals surface area contributed by atoms with E-state index < -0.39 is 11.2 Å². The number of benzene rings is 2. The average Bonchev–Trinajstić information content (AvgIpc) is 3.42. The lowest BCUT2D eigenvalue weighted by atomic mass is 10.1. The van der Waals surface area contributed by atoms with Crippen molar-refractivity contribution in [2.45, 2.75) is 25.1 Å². The summed E-state index contributed by atoms with van der Waals surface area (Å²) in [7, 11) is 0. The molecule has 2 aromatic carbocycles. The monoisotopic (exact) mass is 521 g/mol. The molecule has 166 valence electrons. The molecular formula is C25H20BrN3O3S. The van der Waals surface area contributed by atoms with Crippen LogP contribution in [-0.2, 0) is 22.6 Å². The van der Waals surface area contributed by atoms with Crippen LogP contribution >= 0.6 is 27.7 Å². The summed E-state index contributed by atoms with van der Waals surface area (Å²) in [5, 5.41) is 12.5. The van der Waals surface area contributed by atoms with Crippen molar-refractivity contribution in [2.75, 3.05) is 4.90 Å². The van der Waals surface area contributed by atoms with Gasteiger partial charge in [-0.25, -0.2) is 0 Å². The number of carbonyl (C=O) groups is 2. The molecule has 0 bridgehead atoms. The summed E-state index contributed by atoms with van der Waals surface area (Å²) in [5.41, 5.74) is 2.56. The smallest absolute Gasteiger partial charge is 0.265 e. The Hall–Kier alpha value is -3.28. The van der Waals surface area contributed by atoms with Gasteiger partial charge in [0.25, 0.3) is 5.91 Å². The van der Waals surface area contributed by atoms with Crippen molar-refractivity contribution < 1.29 is 14.0 Å². The summed E-state index contributed by atoms with van der Waals surface area (Å²) in [6, 6.07) is 20.7. The largest absolute Gasteiger partial charge is 0.467 e. The minimum Gasteiger partial charge on any atom is -0.467 e. The zero-order chi connectivity index (χ0) is 23.4. The van der Waals surface area contributed by atoms with Crippen molar-refractivity contribution in [3.63, 3.8) is 0 Å². The number of hydrogen-bond acceptors (Lipinski definition) is 5. The lowest BCUT2D eigenvalue weighted by Gasteiger charge is -2.19. The van der Waals surface area contributed by atoms with Crippen molar-refractivity contribution in [1.29, 1.82) is 5.26 Å². The summed E-state index contributed by atoms with van der Waals surface area (Å²) in [6.45, 7) is 2.11. The van der Waals surface area contributed by atoms with E-state index in [1.165, 1.54) is 22.9 Å². The third kappa shape index (κ3) is 5.21. The minimum absolute atomic E-state index is 0.0998. The molecule has 0 aliphatic carbocycles. The number of halogens is 1. The van der Waals surface area contributed by atoms with Gasteiger partial charge in [0.15, 0.2) is 0 Å². The molecule has 1 aliphatic rings. The van der Waals surface area contributed by atoms with Crippen LogP contribution < -0.4 is 10.2 Å². The second kappa shape index (κ2) is 10.1. The molecule has 1 saturated heterocycles. The molecule has 1 fully saturated rings. The van der Waals surface area contributed by atoms with Gasteiger partial charge < -0.3 is 9.73 Å². The molecular weight excluding hydrogens is 502 g/mol. The van der Waals surface area contributed by atoms with Gasteiger partial charge in [0.05, 0.1) is 18.1 Å². The van der Waals surface area contributed by atoms with Gasteiger partial charge in [0.2, 0.25) is 5.91 Å². The number of aryl methyl sites for hydroxylation is 1. The predicted octanol–water partition coefficient (Wildman–Crippen LogP) is 5.09. The normalized spacial score (nSPS) is 17.1. The van der Waals surface area contributed by atoms with Gasteiger partial charge in [0, 0.05) is 10.2 Å². The van der Waals surface area contributed by atoms with E-state index in [4.69, 9.17) is 4.42 Å². The number of nitrogens with one attached hydrogen (secondary N) is 1. The van der Waals surface area contributed by atoms with Crippen LogP contribution in [0.25, 0.3) is 0 Å². The summed E-state index contributed by atoms with van der Waals surface area (Å²) in [5.74, 6) is -0.140. The highest BCUT2D eigenvalue weighted by atomic mass is 79.9. The van der Waals surface area contributed by atoms with Crippen LogP contribution in [0.4, 0.5) is 5.69 Å². The zero-order valence-corrected chi connectivity index (χ0v) is 20.2. The van der Waals surface area contributed by atoms with Gasteiger partial charge in [0.1, 0.15) is 22.4 Å². The molecule has 33 heavy (non-hydrogen) atoms. The van der Waals surface area contributed by atoms with Gasteiger partial charge in [-0.3, -0.25) is 14.5 Å². The molecule has 4 rings (SSSR count). The Morgan fingerprint density at radius 3 is 2.67 bits per heavy atom. The van der Waals surface area contributed by atoms with Crippen LogP contribution in [0, 0.1) is 18.3 Å². The first kappa shape index (κ1) is 22.9. The summed E-state index contributed by atoms with van der Waals surface area (Å²) in [6.07, 6.45) is 1.99. The number of carbonyl (C=O) groups excluding carboxylic acids is 2. The van der Waals surface area contributed by atoms with E-state index in [0.29, 0.717) is 22.9 Å². The molecule has 0 saturated carbocycles. The number of rotatable bonds is 6. The quantitative estimate of drug-likeness (QED) is 0.360. The number of amides is 2. The van der Waals surface area contributed by atoms with Gasteiger partial charge in [-0.2, -0.15) is 5.26 Å². The van der Waals surface area contributed by atoms with Crippen LogP contribution in [0.3, 0.4) is 0 Å². The topological polar surface area (TPSA) is 86.3 Å². The number of anilines is 1. The van der Waals surface area contributed by atoms with E-state index in [1.54, 1.807) is 12.1 Å². The number of thioether (sulfide) groups is 1. The van der Waals surface area contributed by atoms with Gasteiger partial charge in [-0.15, -0.1) is 0 Å². The molecule has 0 unspecified atom stereocenters. The van der Waals surface area contributed by atoms with E-state index in [0.717, 1.165) is 15.6 Å². The minimum atomic E-state index is -0.551. The fraction of sp³-hybridized carbons (Fsp3) is 0.160. The third-order valence-electron chi connectivity index (χ3n) is 5.11. The molecule has 1 atom stereocenters. The summed E-state index contributed by atoms with van der Waals surface area (Å²) < 4.78 is 6.17. The van der Waals surface area contributed by atoms with Gasteiger partial charge >= 0.3 is 0 Å². The molecule has 1 N–H and O–H groups in total. The lowest BCUT2D eigenvalue weighted by molar-refractivity contribution is -0.117. The van der Waals surface area contributed by atoms with E-state index >= 15 is 0 Å². The highest BCUT2D eigenvalue weighted by Crippen LogP contribution is 2.42. The van der Waals surface area contributed by atoms with Gasteiger partial charge in [-0.1, -0.05) is 57.5 Å². The van der Waals surface area contributed by atoms with E-state index in [-0.39, 0.29) is 18.0 Å². The number of nitriles is 1. The van der Waals surface area contributed by atoms with Crippen LogP contribution in [0.15, 0.2) is 86.4 Å². The molecule has 6 nitrogen and oxygen atoms in total. The van der Waals surface area contributed by atoms with Crippen molar-refractivity contribution in [3.05, 3.63) is 98.9 Å². The molecule has 0 radical (unpaired) electrons. The van der Waals surface area contributed by atoms with Crippen LogP contribution in [0.2, 0.25) is 0 Å². The first-order valence-electron chi connectivity index (χ1n) is 10.2. The maximum absolute atomic E-state index is 13.5. The van der Waals surface area contributed by atoms with E-state index in [1.807, 2.05) is 61.5 Å². The first-order chi connectivity index (χ1) is 16.0. The predicted molar refractivity (Wildman–Crippen MR) is 131 cm³/mol. The molecule has 2 amide bonds. The number of nitrogens with zero attached hydrogens (tertiary/aromatic N) is 2. The molecule has 1 aliphatic heterocycles. The van der Waals surface area contributed by atoms with Crippen molar-refractivity contribution in [3.8, 4) is 6.07 Å². The van der Waals surface area contributed by atoms with Crippen LogP contribution in [0.5, 0.6) is 0 Å².